The second-order valence-corrected chi connectivity index (χ2v) is 6.96. The molecule has 0 radical (unpaired) electrons. The Kier molecular flexibility index (Phi) is 3.41. The molecule has 3 aromatic carbocycles. The lowest BCUT2D eigenvalue weighted by Gasteiger charge is -2.44. The minimum Gasteiger partial charge on any atom is -0.508 e. The van der Waals surface area contributed by atoms with Crippen molar-refractivity contribution in [2.75, 3.05) is 13.1 Å². The molecule has 6 nitrogen and oxygen atoms in total. The molecule has 0 fully saturated rings. The number of nitrogens with zero attached hydrogens (tertiary/aromatic N) is 1. The number of fused-ring (bicyclic) bond motifs is 6. The maximum absolute atomic E-state index is 13.3. The summed E-state index contributed by atoms with van der Waals surface area (Å²) in [5, 5.41) is 20.0. The predicted molar refractivity (Wildman–Crippen MR) is 103 cm³/mol. The van der Waals surface area contributed by atoms with Crippen LogP contribution in [-0.2, 0) is 5.54 Å². The molecule has 6 heteroatoms. The van der Waals surface area contributed by atoms with Crippen molar-refractivity contribution in [2.24, 2.45) is 5.73 Å². The lowest BCUT2D eigenvalue weighted by atomic mass is 9.74. The molecule has 2 heterocycles. The fourth-order valence-electron chi connectivity index (χ4n) is 4.46. The van der Waals surface area contributed by atoms with Gasteiger partial charge in [-0.2, -0.15) is 0 Å². The molecule has 2 aliphatic rings. The molecule has 0 saturated heterocycles. The van der Waals surface area contributed by atoms with Gasteiger partial charge in [-0.05, 0) is 35.9 Å². The zero-order valence-electron chi connectivity index (χ0n) is 14.9. The van der Waals surface area contributed by atoms with Gasteiger partial charge >= 0.3 is 0 Å². The summed E-state index contributed by atoms with van der Waals surface area (Å²) in [6.45, 7) is 0.636. The van der Waals surface area contributed by atoms with Crippen molar-refractivity contribution in [1.29, 1.82) is 0 Å². The average Bonchev–Trinajstić information content (AvgIpc) is 2.92. The van der Waals surface area contributed by atoms with E-state index in [0.29, 0.717) is 30.2 Å². The monoisotopic (exact) mass is 374 g/mol. The zero-order chi connectivity index (χ0) is 19.5. The van der Waals surface area contributed by atoms with E-state index in [1.165, 1.54) is 12.1 Å². The van der Waals surface area contributed by atoms with Gasteiger partial charge in [0, 0.05) is 41.9 Å². The number of hydrogen-bond donors (Lipinski definition) is 3. The molecule has 28 heavy (non-hydrogen) atoms. The zero-order valence-corrected chi connectivity index (χ0v) is 14.9. The van der Waals surface area contributed by atoms with Gasteiger partial charge in [0.05, 0.1) is 0 Å². The van der Waals surface area contributed by atoms with E-state index < -0.39 is 5.54 Å². The first-order valence-electron chi connectivity index (χ1n) is 9.03. The van der Waals surface area contributed by atoms with Crippen LogP contribution in [-0.4, -0.2) is 34.1 Å². The number of rotatable bonds is 2. The van der Waals surface area contributed by atoms with Gasteiger partial charge in [-0.15, -0.1) is 0 Å². The topological polar surface area (TPSA) is 96.0 Å². The normalized spacial score (nSPS) is 15.8. The van der Waals surface area contributed by atoms with Crippen LogP contribution in [0.25, 0.3) is 0 Å². The van der Waals surface area contributed by atoms with E-state index >= 15 is 0 Å². The van der Waals surface area contributed by atoms with Crippen LogP contribution in [0.3, 0.4) is 0 Å². The van der Waals surface area contributed by atoms with Crippen LogP contribution in [0.15, 0.2) is 60.7 Å². The van der Waals surface area contributed by atoms with Crippen molar-refractivity contribution >= 4 is 5.91 Å². The minimum atomic E-state index is -0.947. The van der Waals surface area contributed by atoms with E-state index in [1.807, 2.05) is 24.3 Å². The first kappa shape index (κ1) is 16.6. The van der Waals surface area contributed by atoms with Gasteiger partial charge in [-0.1, -0.05) is 18.2 Å². The molecule has 140 valence electrons. The Morgan fingerprint density at radius 3 is 2.11 bits per heavy atom. The molecule has 2 aliphatic heterocycles. The van der Waals surface area contributed by atoms with E-state index in [-0.39, 0.29) is 17.4 Å². The quantitative estimate of drug-likeness (QED) is 0.641. The molecule has 4 N–H and O–H groups in total. The highest BCUT2D eigenvalue weighted by atomic mass is 16.5. The fourth-order valence-corrected chi connectivity index (χ4v) is 4.46. The van der Waals surface area contributed by atoms with Gasteiger partial charge in [0.25, 0.3) is 5.91 Å². The molecular formula is C22H18N2O4. The number of amides is 1. The molecule has 0 bridgehead atoms. The van der Waals surface area contributed by atoms with Crippen molar-refractivity contribution in [2.45, 2.75) is 5.54 Å². The summed E-state index contributed by atoms with van der Waals surface area (Å²) in [5.74, 6) is 0.872. The van der Waals surface area contributed by atoms with Crippen LogP contribution in [0.5, 0.6) is 23.0 Å². The van der Waals surface area contributed by atoms with E-state index in [2.05, 4.69) is 0 Å². The van der Waals surface area contributed by atoms with Gasteiger partial charge in [0.15, 0.2) is 0 Å². The third-order valence-electron chi connectivity index (χ3n) is 5.48. The van der Waals surface area contributed by atoms with E-state index in [1.54, 1.807) is 29.2 Å². The molecule has 0 unspecified atom stereocenters. The Bertz CT molecular complexity index is 1070. The van der Waals surface area contributed by atoms with Gasteiger partial charge in [-0.3, -0.25) is 4.79 Å². The summed E-state index contributed by atoms with van der Waals surface area (Å²) in [6, 6.07) is 17.3. The number of carbonyl (C=O) groups is 1. The Morgan fingerprint density at radius 1 is 0.893 bits per heavy atom. The van der Waals surface area contributed by atoms with E-state index in [9.17, 15) is 15.0 Å². The molecule has 0 saturated carbocycles. The van der Waals surface area contributed by atoms with Crippen LogP contribution in [0, 0.1) is 0 Å². The first-order valence-corrected chi connectivity index (χ1v) is 9.03. The van der Waals surface area contributed by atoms with Crippen LogP contribution < -0.4 is 10.5 Å². The highest BCUT2D eigenvalue weighted by Gasteiger charge is 2.55. The summed E-state index contributed by atoms with van der Waals surface area (Å²) in [4.78, 5) is 15.1. The van der Waals surface area contributed by atoms with Crippen molar-refractivity contribution in [1.82, 2.24) is 4.90 Å². The molecule has 0 aromatic heterocycles. The first-order chi connectivity index (χ1) is 13.6. The van der Waals surface area contributed by atoms with Crippen molar-refractivity contribution in [3.05, 3.63) is 82.9 Å². The largest absolute Gasteiger partial charge is 0.508 e. The maximum Gasteiger partial charge on any atom is 0.255 e. The molecular weight excluding hydrogens is 356 g/mol. The third kappa shape index (κ3) is 1.98. The number of aromatic hydroxyl groups is 2. The Balaban J connectivity index is 1.94. The summed E-state index contributed by atoms with van der Waals surface area (Å²) in [5.41, 5.74) is 7.86. The molecule has 1 amide bonds. The predicted octanol–water partition coefficient (Wildman–Crippen LogP) is 2.91. The Labute approximate surface area is 161 Å². The summed E-state index contributed by atoms with van der Waals surface area (Å²) >= 11 is 0. The standard InChI is InChI=1S/C22H18N2O4/c23-9-10-24-21(27)15-3-1-2-4-16(15)22(24)17-7-5-13(25)11-19(17)28-20-12-14(26)6-8-18(20)22/h1-8,11-12,25-26H,9-10,23H2. The summed E-state index contributed by atoms with van der Waals surface area (Å²) < 4.78 is 6.01. The highest BCUT2D eigenvalue weighted by molar-refractivity contribution is 6.02. The molecule has 0 aliphatic carbocycles. The lowest BCUT2D eigenvalue weighted by Crippen LogP contribution is -2.49. The summed E-state index contributed by atoms with van der Waals surface area (Å²) in [7, 11) is 0. The molecule has 0 atom stereocenters. The van der Waals surface area contributed by atoms with E-state index in [0.717, 1.165) is 16.7 Å². The molecule has 3 aromatic rings. The van der Waals surface area contributed by atoms with Crippen LogP contribution in [0.4, 0.5) is 0 Å². The number of nitrogens with two attached hydrogens (primary N) is 1. The SMILES string of the molecule is NCCN1C(=O)c2ccccc2C12c1ccc(O)cc1Oc1cc(O)ccc12. The number of benzene rings is 3. The second kappa shape index (κ2) is 5.74. The number of carbonyl (C=O) groups excluding carboxylic acids is 1. The second-order valence-electron chi connectivity index (χ2n) is 6.96. The van der Waals surface area contributed by atoms with Crippen LogP contribution >= 0.6 is 0 Å². The van der Waals surface area contributed by atoms with Crippen molar-refractivity contribution < 1.29 is 19.7 Å². The van der Waals surface area contributed by atoms with Crippen molar-refractivity contribution in [3.63, 3.8) is 0 Å². The third-order valence-corrected chi connectivity index (χ3v) is 5.48. The number of ether oxygens (including phenoxy) is 1. The Hall–Kier alpha value is -3.51. The smallest absolute Gasteiger partial charge is 0.255 e. The number of phenolic OH excluding ortho intramolecular Hbond substituents is 2. The highest BCUT2D eigenvalue weighted by Crippen LogP contribution is 2.57. The number of hydrogen-bond acceptors (Lipinski definition) is 5. The Morgan fingerprint density at radius 2 is 1.50 bits per heavy atom. The van der Waals surface area contributed by atoms with Crippen LogP contribution in [0.2, 0.25) is 0 Å². The van der Waals surface area contributed by atoms with Gasteiger partial charge in [-0.25, -0.2) is 0 Å². The maximum atomic E-state index is 13.3. The van der Waals surface area contributed by atoms with Gasteiger partial charge in [0.1, 0.15) is 28.5 Å². The number of phenols is 2. The molecule has 5 rings (SSSR count). The fraction of sp³-hybridized carbons (Fsp3) is 0.136. The lowest BCUT2D eigenvalue weighted by molar-refractivity contribution is 0.0673. The average molecular weight is 374 g/mol. The van der Waals surface area contributed by atoms with E-state index in [4.69, 9.17) is 10.5 Å². The summed E-state index contributed by atoms with van der Waals surface area (Å²) in [6.07, 6.45) is 0. The minimum absolute atomic E-state index is 0.0560. The van der Waals surface area contributed by atoms with Crippen molar-refractivity contribution in [3.8, 4) is 23.0 Å². The van der Waals surface area contributed by atoms with Gasteiger partial charge in [0.2, 0.25) is 0 Å². The van der Waals surface area contributed by atoms with Gasteiger partial charge < -0.3 is 25.6 Å². The van der Waals surface area contributed by atoms with Crippen LogP contribution in [0.1, 0.15) is 27.0 Å². The molecule has 1 spiro atoms.